The Morgan fingerprint density at radius 1 is 1.37 bits per heavy atom. The predicted molar refractivity (Wildman–Crippen MR) is 65.1 cm³/mol. The van der Waals surface area contributed by atoms with E-state index in [4.69, 9.17) is 0 Å². The Labute approximate surface area is 109 Å². The van der Waals surface area contributed by atoms with E-state index in [1.165, 1.54) is 32.0 Å². The zero-order valence-electron chi connectivity index (χ0n) is 11.0. The van der Waals surface area contributed by atoms with Crippen molar-refractivity contribution in [1.82, 2.24) is 4.90 Å². The minimum Gasteiger partial charge on any atom is -0.508 e. The van der Waals surface area contributed by atoms with Gasteiger partial charge in [-0.2, -0.15) is 13.2 Å². The summed E-state index contributed by atoms with van der Waals surface area (Å²) in [7, 11) is 0. The van der Waals surface area contributed by atoms with E-state index in [-0.39, 0.29) is 11.3 Å². The third-order valence-electron chi connectivity index (χ3n) is 2.69. The van der Waals surface area contributed by atoms with Crippen LogP contribution in [0.2, 0.25) is 0 Å². The minimum absolute atomic E-state index is 0.0426. The van der Waals surface area contributed by atoms with Crippen molar-refractivity contribution in [3.63, 3.8) is 0 Å². The first kappa shape index (κ1) is 15.3. The van der Waals surface area contributed by atoms with Crippen LogP contribution < -0.4 is 0 Å². The van der Waals surface area contributed by atoms with Crippen LogP contribution in [-0.4, -0.2) is 34.7 Å². The summed E-state index contributed by atoms with van der Waals surface area (Å²) in [6, 6.07) is 3.50. The lowest BCUT2D eigenvalue weighted by Crippen LogP contribution is -2.43. The number of alkyl halides is 3. The fraction of sp³-hybridized carbons (Fsp3) is 0.462. The predicted octanol–water partition coefficient (Wildman–Crippen LogP) is 3.11. The van der Waals surface area contributed by atoms with Crippen molar-refractivity contribution in [3.8, 4) is 5.75 Å². The number of carbonyl (C=O) groups excluding carboxylic acids is 1. The van der Waals surface area contributed by atoms with Crippen LogP contribution in [0.15, 0.2) is 18.2 Å². The molecule has 1 amide bonds. The quantitative estimate of drug-likeness (QED) is 0.920. The van der Waals surface area contributed by atoms with Gasteiger partial charge in [0.1, 0.15) is 12.3 Å². The van der Waals surface area contributed by atoms with Crippen molar-refractivity contribution in [2.24, 2.45) is 0 Å². The van der Waals surface area contributed by atoms with Crippen molar-refractivity contribution in [2.75, 3.05) is 6.54 Å². The fourth-order valence-electron chi connectivity index (χ4n) is 1.59. The third kappa shape index (κ3) is 4.15. The highest BCUT2D eigenvalue weighted by molar-refractivity contribution is 5.95. The highest BCUT2D eigenvalue weighted by Crippen LogP contribution is 2.22. The molecule has 0 atom stereocenters. The molecule has 0 aromatic heterocycles. The van der Waals surface area contributed by atoms with Gasteiger partial charge in [-0.05, 0) is 38.5 Å². The van der Waals surface area contributed by atoms with Crippen molar-refractivity contribution in [1.29, 1.82) is 0 Å². The smallest absolute Gasteiger partial charge is 0.406 e. The van der Waals surface area contributed by atoms with Gasteiger partial charge in [0, 0.05) is 11.6 Å². The Balaban J connectivity index is 3.02. The van der Waals surface area contributed by atoms with E-state index in [0.29, 0.717) is 5.56 Å². The second-order valence-corrected chi connectivity index (χ2v) is 4.64. The molecule has 0 aliphatic carbocycles. The molecule has 0 saturated heterocycles. The Kier molecular flexibility index (Phi) is 4.44. The number of aromatic hydroxyl groups is 1. The molecule has 0 saturated carbocycles. The molecule has 0 radical (unpaired) electrons. The van der Waals surface area contributed by atoms with Gasteiger partial charge in [-0.25, -0.2) is 0 Å². The van der Waals surface area contributed by atoms with Crippen molar-refractivity contribution >= 4 is 5.91 Å². The molecule has 1 aromatic rings. The third-order valence-corrected chi connectivity index (χ3v) is 2.69. The highest BCUT2D eigenvalue weighted by atomic mass is 19.4. The molecule has 0 aliphatic heterocycles. The summed E-state index contributed by atoms with van der Waals surface area (Å²) in [5.74, 6) is -0.857. The average Bonchev–Trinajstić information content (AvgIpc) is 2.27. The van der Waals surface area contributed by atoms with Crippen LogP contribution in [-0.2, 0) is 0 Å². The van der Waals surface area contributed by atoms with Gasteiger partial charge >= 0.3 is 6.18 Å². The Morgan fingerprint density at radius 2 is 1.95 bits per heavy atom. The summed E-state index contributed by atoms with van der Waals surface area (Å²) in [6.45, 7) is 3.35. The molecule has 0 aliphatic rings. The fourth-order valence-corrected chi connectivity index (χ4v) is 1.59. The van der Waals surface area contributed by atoms with Gasteiger partial charge in [0.05, 0.1) is 0 Å². The molecule has 106 valence electrons. The molecule has 19 heavy (non-hydrogen) atoms. The van der Waals surface area contributed by atoms with Gasteiger partial charge in [0.25, 0.3) is 5.91 Å². The lowest BCUT2D eigenvalue weighted by Gasteiger charge is -2.27. The number of rotatable bonds is 3. The van der Waals surface area contributed by atoms with Crippen LogP contribution in [0.25, 0.3) is 0 Å². The van der Waals surface area contributed by atoms with Crippen molar-refractivity contribution < 1.29 is 23.1 Å². The molecule has 1 aromatic carbocycles. The van der Waals surface area contributed by atoms with Crippen LogP contribution in [0.3, 0.4) is 0 Å². The zero-order chi connectivity index (χ0) is 14.8. The number of hydrogen-bond donors (Lipinski definition) is 1. The number of phenolic OH excluding ortho intramolecular Hbond substituents is 1. The summed E-state index contributed by atoms with van der Waals surface area (Å²) in [5.41, 5.74) is 0.601. The van der Waals surface area contributed by atoms with E-state index in [1.807, 2.05) is 0 Å². The first-order chi connectivity index (χ1) is 8.61. The van der Waals surface area contributed by atoms with Gasteiger partial charge in [0.2, 0.25) is 0 Å². The van der Waals surface area contributed by atoms with E-state index in [1.54, 1.807) is 6.92 Å². The molecular weight excluding hydrogens is 259 g/mol. The van der Waals surface area contributed by atoms with Crippen LogP contribution in [0, 0.1) is 6.92 Å². The summed E-state index contributed by atoms with van der Waals surface area (Å²) < 4.78 is 37.3. The van der Waals surface area contributed by atoms with Gasteiger partial charge in [-0.15, -0.1) is 0 Å². The van der Waals surface area contributed by atoms with E-state index in [2.05, 4.69) is 0 Å². The number of nitrogens with zero attached hydrogens (tertiary/aromatic N) is 1. The Hall–Kier alpha value is -1.72. The standard InChI is InChI=1S/C13H16F3NO2/c1-8(2)17(7-13(14,15)16)12(19)10-5-4-9(3)11(18)6-10/h4-6,8,18H,7H2,1-3H3. The molecule has 0 spiro atoms. The molecule has 3 nitrogen and oxygen atoms in total. The van der Waals surface area contributed by atoms with Crippen LogP contribution in [0.5, 0.6) is 5.75 Å². The average molecular weight is 275 g/mol. The molecule has 0 fully saturated rings. The maximum Gasteiger partial charge on any atom is 0.406 e. The Morgan fingerprint density at radius 3 is 2.37 bits per heavy atom. The number of benzene rings is 1. The van der Waals surface area contributed by atoms with Crippen LogP contribution >= 0.6 is 0 Å². The molecular formula is C13H16F3NO2. The zero-order valence-corrected chi connectivity index (χ0v) is 11.0. The molecule has 0 unspecified atom stereocenters. The van der Waals surface area contributed by atoms with Gasteiger partial charge in [0.15, 0.2) is 0 Å². The minimum atomic E-state index is -4.45. The first-order valence-electron chi connectivity index (χ1n) is 5.79. The summed E-state index contributed by atoms with van der Waals surface area (Å²) in [4.78, 5) is 12.8. The number of phenols is 1. The molecule has 1 N–H and O–H groups in total. The molecule has 0 heterocycles. The second kappa shape index (κ2) is 5.50. The number of hydrogen-bond acceptors (Lipinski definition) is 2. The number of halogens is 3. The van der Waals surface area contributed by atoms with E-state index >= 15 is 0 Å². The van der Waals surface area contributed by atoms with Gasteiger partial charge in [-0.3, -0.25) is 4.79 Å². The second-order valence-electron chi connectivity index (χ2n) is 4.64. The van der Waals surface area contributed by atoms with Crippen molar-refractivity contribution in [2.45, 2.75) is 33.0 Å². The number of amides is 1. The van der Waals surface area contributed by atoms with Gasteiger partial charge < -0.3 is 10.0 Å². The largest absolute Gasteiger partial charge is 0.508 e. The molecule has 0 bridgehead atoms. The first-order valence-corrected chi connectivity index (χ1v) is 5.79. The SMILES string of the molecule is Cc1ccc(C(=O)N(CC(F)(F)F)C(C)C)cc1O. The van der Waals surface area contributed by atoms with E-state index in [9.17, 15) is 23.1 Å². The summed E-state index contributed by atoms with van der Waals surface area (Å²) in [5, 5.41) is 9.51. The van der Waals surface area contributed by atoms with Gasteiger partial charge in [-0.1, -0.05) is 6.07 Å². The van der Waals surface area contributed by atoms with Crippen molar-refractivity contribution in [3.05, 3.63) is 29.3 Å². The summed E-state index contributed by atoms with van der Waals surface area (Å²) >= 11 is 0. The Bertz CT molecular complexity index is 469. The maximum absolute atomic E-state index is 12.4. The molecule has 1 rings (SSSR count). The number of aryl methyl sites for hydroxylation is 1. The van der Waals surface area contributed by atoms with Crippen LogP contribution in [0.4, 0.5) is 13.2 Å². The number of carbonyl (C=O) groups is 1. The van der Waals surface area contributed by atoms with E-state index < -0.39 is 24.7 Å². The lowest BCUT2D eigenvalue weighted by atomic mass is 10.1. The topological polar surface area (TPSA) is 40.5 Å². The van der Waals surface area contributed by atoms with Crippen LogP contribution in [0.1, 0.15) is 29.8 Å². The van der Waals surface area contributed by atoms with E-state index in [0.717, 1.165) is 4.90 Å². The molecule has 6 heteroatoms. The summed E-state index contributed by atoms with van der Waals surface area (Å²) in [6.07, 6.45) is -4.45. The highest BCUT2D eigenvalue weighted by Gasteiger charge is 2.34. The monoisotopic (exact) mass is 275 g/mol. The normalized spacial score (nSPS) is 11.7. The maximum atomic E-state index is 12.4. The lowest BCUT2D eigenvalue weighted by molar-refractivity contribution is -0.143.